The van der Waals surface area contributed by atoms with Gasteiger partial charge in [0.2, 0.25) is 0 Å². The van der Waals surface area contributed by atoms with E-state index in [1.807, 2.05) is 26.1 Å². The third-order valence-electron chi connectivity index (χ3n) is 3.61. The summed E-state index contributed by atoms with van der Waals surface area (Å²) in [5.74, 6) is 0.423. The molecule has 1 N–H and O–H groups in total. The molecule has 4 nitrogen and oxygen atoms in total. The van der Waals surface area contributed by atoms with E-state index < -0.39 is 0 Å². The lowest BCUT2D eigenvalue weighted by atomic mass is 9.98. The second kappa shape index (κ2) is 5.90. The molecule has 0 radical (unpaired) electrons. The summed E-state index contributed by atoms with van der Waals surface area (Å²) in [6.45, 7) is 6.21. The fourth-order valence-electron chi connectivity index (χ4n) is 2.15. The molecule has 0 spiro atoms. The topological polar surface area (TPSA) is 46.9 Å². The molecule has 1 unspecified atom stereocenters. The molecule has 0 saturated heterocycles. The number of nitrogens with one attached hydrogen (secondary N) is 1. The summed E-state index contributed by atoms with van der Waals surface area (Å²) in [7, 11) is 1.81. The van der Waals surface area contributed by atoms with Crippen LogP contribution >= 0.6 is 0 Å². The lowest BCUT2D eigenvalue weighted by molar-refractivity contribution is 0.102. The van der Waals surface area contributed by atoms with Gasteiger partial charge >= 0.3 is 0 Å². The van der Waals surface area contributed by atoms with Crippen molar-refractivity contribution in [3.8, 4) is 0 Å². The van der Waals surface area contributed by atoms with E-state index in [1.165, 1.54) is 5.56 Å². The molecular weight excluding hydrogens is 250 g/mol. The molecule has 1 atom stereocenters. The Morgan fingerprint density at radius 1 is 1.35 bits per heavy atom. The minimum atomic E-state index is -0.119. The van der Waals surface area contributed by atoms with Gasteiger partial charge in [-0.15, -0.1) is 0 Å². The van der Waals surface area contributed by atoms with E-state index in [1.54, 1.807) is 10.9 Å². The number of hydrogen-bond acceptors (Lipinski definition) is 2. The Hall–Kier alpha value is -2.10. The van der Waals surface area contributed by atoms with Gasteiger partial charge in [0.25, 0.3) is 5.91 Å². The smallest absolute Gasteiger partial charge is 0.259 e. The van der Waals surface area contributed by atoms with Crippen LogP contribution in [0.4, 0.5) is 5.69 Å². The highest BCUT2D eigenvalue weighted by molar-refractivity contribution is 6.04. The van der Waals surface area contributed by atoms with Gasteiger partial charge in [0, 0.05) is 18.9 Å². The summed E-state index contributed by atoms with van der Waals surface area (Å²) in [5, 5.41) is 7.08. The standard InChI is InChI=1S/C16H21N3O/c1-5-11(2)13-6-8-14(9-7-13)17-16(20)15-10-19(4)18-12(15)3/h6-11H,5H2,1-4H3,(H,17,20). The number of hydrogen-bond donors (Lipinski definition) is 1. The Kier molecular flexibility index (Phi) is 4.23. The quantitative estimate of drug-likeness (QED) is 0.925. The molecule has 0 fully saturated rings. The van der Waals surface area contributed by atoms with E-state index in [0.29, 0.717) is 11.5 Å². The zero-order valence-electron chi connectivity index (χ0n) is 12.5. The average molecular weight is 271 g/mol. The number of carbonyl (C=O) groups is 1. The molecule has 106 valence electrons. The first-order valence-corrected chi connectivity index (χ1v) is 6.92. The van der Waals surface area contributed by atoms with Gasteiger partial charge in [0.1, 0.15) is 0 Å². The maximum atomic E-state index is 12.2. The molecule has 1 heterocycles. The van der Waals surface area contributed by atoms with Crippen LogP contribution < -0.4 is 5.32 Å². The molecule has 2 aromatic rings. The normalized spacial score (nSPS) is 12.2. The number of anilines is 1. The molecule has 2 rings (SSSR count). The largest absolute Gasteiger partial charge is 0.322 e. The molecular formula is C16H21N3O. The SMILES string of the molecule is CCC(C)c1ccc(NC(=O)c2cn(C)nc2C)cc1. The molecule has 0 aliphatic heterocycles. The fraction of sp³-hybridized carbons (Fsp3) is 0.375. The van der Waals surface area contributed by atoms with Crippen LogP contribution in [-0.2, 0) is 7.05 Å². The molecule has 0 saturated carbocycles. The first-order chi connectivity index (χ1) is 9.51. The van der Waals surface area contributed by atoms with Crippen molar-refractivity contribution in [3.63, 3.8) is 0 Å². The van der Waals surface area contributed by atoms with E-state index >= 15 is 0 Å². The van der Waals surface area contributed by atoms with Crippen molar-refractivity contribution in [3.05, 3.63) is 47.3 Å². The van der Waals surface area contributed by atoms with E-state index in [9.17, 15) is 4.79 Å². The number of carbonyl (C=O) groups excluding carboxylic acids is 1. The third kappa shape index (κ3) is 3.07. The maximum Gasteiger partial charge on any atom is 0.259 e. The van der Waals surface area contributed by atoms with E-state index in [-0.39, 0.29) is 5.91 Å². The third-order valence-corrected chi connectivity index (χ3v) is 3.61. The Labute approximate surface area is 119 Å². The van der Waals surface area contributed by atoms with Crippen molar-refractivity contribution in [2.24, 2.45) is 7.05 Å². The summed E-state index contributed by atoms with van der Waals surface area (Å²) in [4.78, 5) is 12.2. The number of rotatable bonds is 4. The van der Waals surface area contributed by atoms with Crippen LogP contribution in [0.5, 0.6) is 0 Å². The van der Waals surface area contributed by atoms with Crippen LogP contribution in [0.2, 0.25) is 0 Å². The van der Waals surface area contributed by atoms with Gasteiger partial charge in [-0.05, 0) is 37.0 Å². The molecule has 0 aliphatic carbocycles. The highest BCUT2D eigenvalue weighted by Crippen LogP contribution is 2.21. The molecule has 0 aliphatic rings. The summed E-state index contributed by atoms with van der Waals surface area (Å²) < 4.78 is 1.65. The maximum absolute atomic E-state index is 12.2. The van der Waals surface area contributed by atoms with Crippen LogP contribution in [0.1, 0.15) is 47.8 Å². The lowest BCUT2D eigenvalue weighted by Gasteiger charge is -2.10. The second-order valence-electron chi connectivity index (χ2n) is 5.19. The van der Waals surface area contributed by atoms with E-state index in [4.69, 9.17) is 0 Å². The van der Waals surface area contributed by atoms with Crippen LogP contribution in [0.25, 0.3) is 0 Å². The molecule has 0 bridgehead atoms. The Morgan fingerprint density at radius 3 is 2.50 bits per heavy atom. The van der Waals surface area contributed by atoms with Crippen molar-refractivity contribution >= 4 is 11.6 Å². The number of aromatic nitrogens is 2. The highest BCUT2D eigenvalue weighted by Gasteiger charge is 2.12. The van der Waals surface area contributed by atoms with Crippen LogP contribution in [-0.4, -0.2) is 15.7 Å². The molecule has 4 heteroatoms. The predicted molar refractivity (Wildman–Crippen MR) is 81.0 cm³/mol. The van der Waals surface area contributed by atoms with Gasteiger partial charge in [0.05, 0.1) is 11.3 Å². The summed E-state index contributed by atoms with van der Waals surface area (Å²) in [5.41, 5.74) is 3.45. The monoisotopic (exact) mass is 271 g/mol. The highest BCUT2D eigenvalue weighted by atomic mass is 16.1. The summed E-state index contributed by atoms with van der Waals surface area (Å²) >= 11 is 0. The van der Waals surface area contributed by atoms with Gasteiger partial charge in [-0.2, -0.15) is 5.10 Å². The predicted octanol–water partition coefficient (Wildman–Crippen LogP) is 3.49. The van der Waals surface area contributed by atoms with E-state index in [2.05, 4.69) is 36.4 Å². The molecule has 1 aromatic heterocycles. The summed E-state index contributed by atoms with van der Waals surface area (Å²) in [6.07, 6.45) is 2.85. The van der Waals surface area contributed by atoms with Crippen molar-refractivity contribution < 1.29 is 4.79 Å². The average Bonchev–Trinajstić information content (AvgIpc) is 2.78. The van der Waals surface area contributed by atoms with Crippen molar-refractivity contribution in [1.29, 1.82) is 0 Å². The van der Waals surface area contributed by atoms with Crippen molar-refractivity contribution in [2.75, 3.05) is 5.32 Å². The zero-order valence-corrected chi connectivity index (χ0v) is 12.5. The number of aryl methyl sites for hydroxylation is 2. The van der Waals surface area contributed by atoms with Gasteiger partial charge < -0.3 is 5.32 Å². The Morgan fingerprint density at radius 2 is 2.00 bits per heavy atom. The number of benzene rings is 1. The first-order valence-electron chi connectivity index (χ1n) is 6.92. The van der Waals surface area contributed by atoms with Crippen molar-refractivity contribution in [2.45, 2.75) is 33.1 Å². The Bertz CT molecular complexity index is 599. The van der Waals surface area contributed by atoms with Crippen LogP contribution in [0.3, 0.4) is 0 Å². The number of nitrogens with zero attached hydrogens (tertiary/aromatic N) is 2. The zero-order chi connectivity index (χ0) is 14.7. The minimum absolute atomic E-state index is 0.119. The van der Waals surface area contributed by atoms with Gasteiger partial charge in [-0.3, -0.25) is 9.48 Å². The molecule has 1 aromatic carbocycles. The van der Waals surface area contributed by atoms with Crippen LogP contribution in [0.15, 0.2) is 30.5 Å². The summed E-state index contributed by atoms with van der Waals surface area (Å²) in [6, 6.07) is 8.04. The second-order valence-corrected chi connectivity index (χ2v) is 5.19. The van der Waals surface area contributed by atoms with Crippen LogP contribution in [0, 0.1) is 6.92 Å². The van der Waals surface area contributed by atoms with Gasteiger partial charge in [-0.1, -0.05) is 26.0 Å². The van der Waals surface area contributed by atoms with Gasteiger partial charge in [-0.25, -0.2) is 0 Å². The Balaban J connectivity index is 2.10. The molecule has 1 amide bonds. The first kappa shape index (κ1) is 14.3. The fourth-order valence-corrected chi connectivity index (χ4v) is 2.15. The minimum Gasteiger partial charge on any atom is -0.322 e. The lowest BCUT2D eigenvalue weighted by Crippen LogP contribution is -2.12. The van der Waals surface area contributed by atoms with E-state index in [0.717, 1.165) is 17.8 Å². The molecule has 20 heavy (non-hydrogen) atoms. The van der Waals surface area contributed by atoms with Crippen molar-refractivity contribution in [1.82, 2.24) is 9.78 Å². The number of amides is 1. The van der Waals surface area contributed by atoms with Gasteiger partial charge in [0.15, 0.2) is 0 Å².